The van der Waals surface area contributed by atoms with Gasteiger partial charge in [0.15, 0.2) is 0 Å². The van der Waals surface area contributed by atoms with Crippen LogP contribution in [-0.2, 0) is 9.53 Å². The molecule has 116 valence electrons. The summed E-state index contributed by atoms with van der Waals surface area (Å²) in [6.07, 6.45) is 3.67. The van der Waals surface area contributed by atoms with E-state index < -0.39 is 0 Å². The highest BCUT2D eigenvalue weighted by atomic mass is 16.5. The van der Waals surface area contributed by atoms with Crippen molar-refractivity contribution in [2.75, 3.05) is 45.9 Å². The molecule has 0 aliphatic carbocycles. The number of rotatable bonds is 7. The monoisotopic (exact) mass is 283 g/mol. The lowest BCUT2D eigenvalue weighted by Crippen LogP contribution is -2.55. The molecule has 1 N–H and O–H groups in total. The molecule has 0 spiro atoms. The van der Waals surface area contributed by atoms with E-state index in [4.69, 9.17) is 4.74 Å². The zero-order chi connectivity index (χ0) is 14.4. The molecule has 2 aliphatic heterocycles. The second-order valence-electron chi connectivity index (χ2n) is 5.85. The zero-order valence-electron chi connectivity index (χ0n) is 12.9. The summed E-state index contributed by atoms with van der Waals surface area (Å²) in [6.45, 7) is 10.7. The quantitative estimate of drug-likeness (QED) is 0.697. The lowest BCUT2D eigenvalue weighted by molar-refractivity contribution is -0.146. The van der Waals surface area contributed by atoms with Crippen LogP contribution in [0, 0.1) is 0 Å². The van der Waals surface area contributed by atoms with Crippen molar-refractivity contribution in [2.24, 2.45) is 0 Å². The number of carbonyl (C=O) groups is 1. The van der Waals surface area contributed by atoms with Gasteiger partial charge in [-0.15, -0.1) is 0 Å². The van der Waals surface area contributed by atoms with Crippen molar-refractivity contribution in [2.45, 2.75) is 45.2 Å². The summed E-state index contributed by atoms with van der Waals surface area (Å²) in [6, 6.07) is 0.528. The summed E-state index contributed by atoms with van der Waals surface area (Å²) in [7, 11) is 0. The zero-order valence-corrected chi connectivity index (χ0v) is 12.9. The Morgan fingerprint density at radius 3 is 2.95 bits per heavy atom. The molecule has 20 heavy (non-hydrogen) atoms. The molecule has 0 radical (unpaired) electrons. The lowest BCUT2D eigenvalue weighted by atomic mass is 10.1. The Morgan fingerprint density at radius 2 is 2.20 bits per heavy atom. The van der Waals surface area contributed by atoms with Gasteiger partial charge in [-0.1, -0.05) is 6.92 Å². The minimum Gasteiger partial charge on any atom is -0.465 e. The van der Waals surface area contributed by atoms with Crippen LogP contribution in [0.4, 0.5) is 0 Å². The normalized spacial score (nSPS) is 25.4. The van der Waals surface area contributed by atoms with Crippen molar-refractivity contribution in [3.8, 4) is 0 Å². The summed E-state index contributed by atoms with van der Waals surface area (Å²) >= 11 is 0. The van der Waals surface area contributed by atoms with Crippen molar-refractivity contribution in [3.63, 3.8) is 0 Å². The molecular formula is C15H29N3O2. The molecule has 5 nitrogen and oxygen atoms in total. The highest BCUT2D eigenvalue weighted by Gasteiger charge is 2.32. The number of carbonyl (C=O) groups excluding carboxylic acids is 1. The molecule has 0 aromatic heterocycles. The molecule has 0 saturated carbocycles. The smallest absolute Gasteiger partial charge is 0.324 e. The fraction of sp³-hybridized carbons (Fsp3) is 0.933. The lowest BCUT2D eigenvalue weighted by Gasteiger charge is -2.38. The maximum absolute atomic E-state index is 12.0. The predicted molar refractivity (Wildman–Crippen MR) is 79.7 cm³/mol. The Bertz CT molecular complexity index is 311. The van der Waals surface area contributed by atoms with E-state index in [-0.39, 0.29) is 12.0 Å². The number of nitrogens with zero attached hydrogens (tertiary/aromatic N) is 2. The van der Waals surface area contributed by atoms with Crippen LogP contribution in [0.5, 0.6) is 0 Å². The molecule has 2 aliphatic rings. The first kappa shape index (κ1) is 15.7. The first-order valence-electron chi connectivity index (χ1n) is 8.11. The third-order valence-electron chi connectivity index (χ3n) is 4.32. The molecule has 0 amide bonds. The van der Waals surface area contributed by atoms with Gasteiger partial charge in [0.25, 0.3) is 0 Å². The summed E-state index contributed by atoms with van der Waals surface area (Å²) in [5.74, 6) is -0.102. The SMILES string of the molecule is CCCNC(CN1CCN2CCCC2C1)C(=O)OCC. The number of nitrogens with one attached hydrogen (secondary N) is 1. The second kappa shape index (κ2) is 7.96. The maximum atomic E-state index is 12.0. The van der Waals surface area contributed by atoms with Gasteiger partial charge in [0, 0.05) is 32.2 Å². The number of hydrogen-bond donors (Lipinski definition) is 1. The van der Waals surface area contributed by atoms with Gasteiger partial charge in [-0.2, -0.15) is 0 Å². The van der Waals surface area contributed by atoms with Crippen LogP contribution in [0.1, 0.15) is 33.1 Å². The Morgan fingerprint density at radius 1 is 1.35 bits per heavy atom. The van der Waals surface area contributed by atoms with E-state index in [0.717, 1.165) is 39.1 Å². The van der Waals surface area contributed by atoms with E-state index in [1.54, 1.807) is 0 Å². The molecule has 0 aromatic rings. The Balaban J connectivity index is 1.84. The summed E-state index contributed by atoms with van der Waals surface area (Å²) in [5.41, 5.74) is 0. The molecule has 0 bridgehead atoms. The van der Waals surface area contributed by atoms with Gasteiger partial charge in [-0.05, 0) is 39.3 Å². The van der Waals surface area contributed by atoms with E-state index in [1.807, 2.05) is 6.92 Å². The molecule has 2 atom stereocenters. The van der Waals surface area contributed by atoms with Crippen LogP contribution in [0.2, 0.25) is 0 Å². The third kappa shape index (κ3) is 4.17. The molecule has 2 unspecified atom stereocenters. The van der Waals surface area contributed by atoms with Crippen LogP contribution in [0.3, 0.4) is 0 Å². The van der Waals surface area contributed by atoms with E-state index in [9.17, 15) is 4.79 Å². The number of esters is 1. The van der Waals surface area contributed by atoms with E-state index >= 15 is 0 Å². The highest BCUT2D eigenvalue weighted by Crippen LogP contribution is 2.21. The first-order chi connectivity index (χ1) is 9.74. The van der Waals surface area contributed by atoms with Gasteiger partial charge >= 0.3 is 5.97 Å². The van der Waals surface area contributed by atoms with Crippen molar-refractivity contribution in [3.05, 3.63) is 0 Å². The van der Waals surface area contributed by atoms with Gasteiger partial charge in [0.2, 0.25) is 0 Å². The maximum Gasteiger partial charge on any atom is 0.324 e. The number of hydrogen-bond acceptors (Lipinski definition) is 5. The van der Waals surface area contributed by atoms with E-state index in [1.165, 1.54) is 19.4 Å². The topological polar surface area (TPSA) is 44.8 Å². The van der Waals surface area contributed by atoms with Crippen LogP contribution in [0.15, 0.2) is 0 Å². The van der Waals surface area contributed by atoms with Gasteiger partial charge in [-0.3, -0.25) is 14.6 Å². The van der Waals surface area contributed by atoms with Crippen LogP contribution >= 0.6 is 0 Å². The molecule has 2 saturated heterocycles. The molecule has 2 rings (SSSR count). The fourth-order valence-corrected chi connectivity index (χ4v) is 3.26. The van der Waals surface area contributed by atoms with Gasteiger partial charge < -0.3 is 10.1 Å². The predicted octanol–water partition coefficient (Wildman–Crippen LogP) is 0.698. The summed E-state index contributed by atoms with van der Waals surface area (Å²) in [4.78, 5) is 17.0. The summed E-state index contributed by atoms with van der Waals surface area (Å²) < 4.78 is 5.19. The van der Waals surface area contributed by atoms with Crippen molar-refractivity contribution in [1.82, 2.24) is 15.1 Å². The highest BCUT2D eigenvalue weighted by molar-refractivity contribution is 5.76. The Hall–Kier alpha value is -0.650. The minimum atomic E-state index is -0.178. The molecule has 0 aromatic carbocycles. The van der Waals surface area contributed by atoms with E-state index in [0.29, 0.717) is 12.6 Å². The Labute approximate surface area is 122 Å². The van der Waals surface area contributed by atoms with Crippen LogP contribution < -0.4 is 5.32 Å². The molecule has 2 heterocycles. The van der Waals surface area contributed by atoms with Crippen LogP contribution in [0.25, 0.3) is 0 Å². The standard InChI is InChI=1S/C15H29N3O2/c1-3-7-16-14(15(19)20-4-2)12-17-9-10-18-8-5-6-13(18)11-17/h13-14,16H,3-12H2,1-2H3. The number of ether oxygens (including phenoxy) is 1. The molecule has 5 heteroatoms. The molecule has 2 fully saturated rings. The van der Waals surface area contributed by atoms with Gasteiger partial charge in [-0.25, -0.2) is 0 Å². The second-order valence-corrected chi connectivity index (χ2v) is 5.85. The van der Waals surface area contributed by atoms with Crippen molar-refractivity contribution in [1.29, 1.82) is 0 Å². The van der Waals surface area contributed by atoms with Crippen molar-refractivity contribution >= 4 is 5.97 Å². The third-order valence-corrected chi connectivity index (χ3v) is 4.32. The average Bonchev–Trinajstić information content (AvgIpc) is 2.91. The van der Waals surface area contributed by atoms with Crippen LogP contribution in [-0.4, -0.2) is 73.7 Å². The fourth-order valence-electron chi connectivity index (χ4n) is 3.26. The number of fused-ring (bicyclic) bond motifs is 1. The van der Waals surface area contributed by atoms with Crippen molar-refractivity contribution < 1.29 is 9.53 Å². The molecular weight excluding hydrogens is 254 g/mol. The largest absolute Gasteiger partial charge is 0.465 e. The van der Waals surface area contributed by atoms with Gasteiger partial charge in [0.05, 0.1) is 6.61 Å². The Kier molecular flexibility index (Phi) is 6.26. The van der Waals surface area contributed by atoms with Gasteiger partial charge in [0.1, 0.15) is 6.04 Å². The number of piperazine rings is 1. The summed E-state index contributed by atoms with van der Waals surface area (Å²) in [5, 5.41) is 3.33. The first-order valence-corrected chi connectivity index (χ1v) is 8.11. The average molecular weight is 283 g/mol. The minimum absolute atomic E-state index is 0.102. The van der Waals surface area contributed by atoms with E-state index in [2.05, 4.69) is 22.0 Å².